The van der Waals surface area contributed by atoms with E-state index in [1.807, 2.05) is 30.8 Å². The van der Waals surface area contributed by atoms with Crippen molar-refractivity contribution in [3.63, 3.8) is 0 Å². The molecule has 4 aromatic rings. The van der Waals surface area contributed by atoms with Crippen molar-refractivity contribution in [1.82, 2.24) is 29.3 Å². The van der Waals surface area contributed by atoms with Crippen LogP contribution in [0.1, 0.15) is 36.8 Å². The van der Waals surface area contributed by atoms with Gasteiger partial charge in [0, 0.05) is 32.0 Å². The smallest absolute Gasteiger partial charge is 0.260 e. The number of aryl methyl sites for hydroxylation is 2. The summed E-state index contributed by atoms with van der Waals surface area (Å²) in [5.74, 6) is -0.382. The van der Waals surface area contributed by atoms with Crippen LogP contribution < -0.4 is 10.6 Å². The van der Waals surface area contributed by atoms with Crippen molar-refractivity contribution >= 4 is 39.4 Å². The standard InChI is InChI=1S/C24H28N8O2S/c1-5-31-19(6-7-26-31)20-11-32-23(35-20)17(10-27-32)22(34)29-18-8-16(9-25-15(18)2)28-21(33)12-30-13-24(3,4)14-30/h6-11H,5,12-14H2,1-4H3,(H,28,33)(H,29,34). The molecule has 0 atom stereocenters. The number of hydrogen-bond acceptors (Lipinski definition) is 7. The van der Waals surface area contributed by atoms with E-state index in [9.17, 15) is 9.59 Å². The molecule has 0 bridgehead atoms. The molecule has 5 heterocycles. The molecule has 1 fully saturated rings. The van der Waals surface area contributed by atoms with E-state index < -0.39 is 0 Å². The van der Waals surface area contributed by atoms with Crippen LogP contribution >= 0.6 is 11.3 Å². The Morgan fingerprint density at radius 2 is 1.97 bits per heavy atom. The fraction of sp³-hybridized carbons (Fsp3) is 0.375. The van der Waals surface area contributed by atoms with E-state index in [-0.39, 0.29) is 17.2 Å². The van der Waals surface area contributed by atoms with Crippen LogP contribution in [0.5, 0.6) is 0 Å². The quantitative estimate of drug-likeness (QED) is 0.409. The number of aromatic nitrogens is 5. The number of anilines is 2. The number of amides is 2. The van der Waals surface area contributed by atoms with Crippen molar-refractivity contribution < 1.29 is 9.59 Å². The van der Waals surface area contributed by atoms with Crippen molar-refractivity contribution in [2.24, 2.45) is 5.41 Å². The topological polar surface area (TPSA) is 109 Å². The summed E-state index contributed by atoms with van der Waals surface area (Å²) in [6.07, 6.45) is 6.83. The van der Waals surface area contributed by atoms with Crippen molar-refractivity contribution in [2.45, 2.75) is 34.2 Å². The lowest BCUT2D eigenvalue weighted by atomic mass is 9.84. The van der Waals surface area contributed by atoms with Crippen LogP contribution in [-0.2, 0) is 11.3 Å². The molecule has 11 heteroatoms. The average Bonchev–Trinajstić information content (AvgIpc) is 3.49. The van der Waals surface area contributed by atoms with E-state index in [2.05, 4.69) is 44.6 Å². The maximum atomic E-state index is 13.1. The molecule has 0 spiro atoms. The molecule has 2 N–H and O–H groups in total. The van der Waals surface area contributed by atoms with E-state index in [4.69, 9.17) is 0 Å². The fourth-order valence-electron chi connectivity index (χ4n) is 4.45. The lowest BCUT2D eigenvalue weighted by Crippen LogP contribution is -2.54. The third-order valence-corrected chi connectivity index (χ3v) is 7.13. The average molecular weight is 493 g/mol. The Labute approximate surface area is 207 Å². The second-order valence-electron chi connectivity index (χ2n) is 9.60. The van der Waals surface area contributed by atoms with Crippen LogP contribution in [0.4, 0.5) is 11.4 Å². The number of pyridine rings is 1. The lowest BCUT2D eigenvalue weighted by Gasteiger charge is -2.45. The first kappa shape index (κ1) is 23.2. The highest BCUT2D eigenvalue weighted by Gasteiger charge is 2.34. The highest BCUT2D eigenvalue weighted by molar-refractivity contribution is 7.21. The molecule has 1 saturated heterocycles. The molecule has 10 nitrogen and oxygen atoms in total. The molecule has 5 rings (SSSR count). The fourth-order valence-corrected chi connectivity index (χ4v) is 5.54. The maximum Gasteiger partial charge on any atom is 0.260 e. The van der Waals surface area contributed by atoms with Crippen molar-refractivity contribution in [3.8, 4) is 10.6 Å². The van der Waals surface area contributed by atoms with E-state index in [1.165, 1.54) is 11.3 Å². The molecule has 0 unspecified atom stereocenters. The van der Waals surface area contributed by atoms with Gasteiger partial charge in [0.2, 0.25) is 5.91 Å². The van der Waals surface area contributed by atoms with Gasteiger partial charge in [0.15, 0.2) is 0 Å². The number of hydrogen-bond donors (Lipinski definition) is 2. The Balaban J connectivity index is 1.30. The third-order valence-electron chi connectivity index (χ3n) is 6.00. The molecule has 2 amide bonds. The van der Waals surface area contributed by atoms with E-state index >= 15 is 0 Å². The number of fused-ring (bicyclic) bond motifs is 1. The Morgan fingerprint density at radius 3 is 2.71 bits per heavy atom. The number of nitrogens with one attached hydrogen (secondary N) is 2. The number of thiazole rings is 1. The van der Waals surface area contributed by atoms with Crippen LogP contribution in [0.25, 0.3) is 15.4 Å². The number of likely N-dealkylation sites (tertiary alicyclic amines) is 1. The molecular weight excluding hydrogens is 464 g/mol. The highest BCUT2D eigenvalue weighted by atomic mass is 32.1. The van der Waals surface area contributed by atoms with E-state index in [1.54, 1.807) is 29.2 Å². The number of carbonyl (C=O) groups excluding carboxylic acids is 2. The molecular formula is C24H28N8O2S. The normalized spacial score (nSPS) is 15.2. The summed E-state index contributed by atoms with van der Waals surface area (Å²) < 4.78 is 3.61. The van der Waals surface area contributed by atoms with Crippen molar-refractivity contribution in [3.05, 3.63) is 48.2 Å². The molecule has 0 saturated carbocycles. The van der Waals surface area contributed by atoms with Gasteiger partial charge >= 0.3 is 0 Å². The Hall–Kier alpha value is -3.57. The second kappa shape index (κ2) is 8.90. The van der Waals surface area contributed by atoms with Gasteiger partial charge < -0.3 is 10.6 Å². The molecule has 4 aromatic heterocycles. The minimum Gasteiger partial charge on any atom is -0.324 e. The molecule has 0 radical (unpaired) electrons. The van der Waals surface area contributed by atoms with Gasteiger partial charge in [0.25, 0.3) is 5.91 Å². The number of carbonyl (C=O) groups is 2. The first-order chi connectivity index (χ1) is 16.7. The molecule has 182 valence electrons. The first-order valence-corrected chi connectivity index (χ1v) is 12.3. The SMILES string of the molecule is CCn1nccc1-c1cn2ncc(C(=O)Nc3cc(NC(=O)CN4CC(C)(C)C4)cnc3C)c2s1. The van der Waals surface area contributed by atoms with Gasteiger partial charge in [-0.25, -0.2) is 4.52 Å². The number of nitrogens with zero attached hydrogens (tertiary/aromatic N) is 6. The van der Waals surface area contributed by atoms with E-state index in [0.29, 0.717) is 29.2 Å². The molecule has 0 aliphatic carbocycles. The summed E-state index contributed by atoms with van der Waals surface area (Å²) in [7, 11) is 0. The zero-order valence-electron chi connectivity index (χ0n) is 20.2. The van der Waals surface area contributed by atoms with Crippen LogP contribution in [-0.4, -0.2) is 60.7 Å². The zero-order valence-corrected chi connectivity index (χ0v) is 21.0. The summed E-state index contributed by atoms with van der Waals surface area (Å²) in [5.41, 5.74) is 3.46. The Kier molecular flexibility index (Phi) is 5.89. The van der Waals surface area contributed by atoms with Crippen molar-refractivity contribution in [2.75, 3.05) is 30.3 Å². The first-order valence-electron chi connectivity index (χ1n) is 11.5. The van der Waals surface area contributed by atoms with Crippen LogP contribution in [0.3, 0.4) is 0 Å². The maximum absolute atomic E-state index is 13.1. The largest absolute Gasteiger partial charge is 0.324 e. The van der Waals surface area contributed by atoms with Gasteiger partial charge in [0.05, 0.1) is 52.1 Å². The van der Waals surface area contributed by atoms with Gasteiger partial charge in [-0.2, -0.15) is 10.2 Å². The summed E-state index contributed by atoms with van der Waals surface area (Å²) in [5, 5.41) is 14.5. The van der Waals surface area contributed by atoms with Crippen molar-refractivity contribution in [1.29, 1.82) is 0 Å². The van der Waals surface area contributed by atoms with Gasteiger partial charge in [-0.3, -0.25) is 24.2 Å². The molecule has 0 aromatic carbocycles. The predicted molar refractivity (Wildman–Crippen MR) is 136 cm³/mol. The van der Waals surface area contributed by atoms with Gasteiger partial charge in [-0.15, -0.1) is 11.3 Å². The minimum absolute atomic E-state index is 0.0980. The summed E-state index contributed by atoms with van der Waals surface area (Å²) >= 11 is 1.49. The van der Waals surface area contributed by atoms with Crippen LogP contribution in [0.15, 0.2) is 36.9 Å². The highest BCUT2D eigenvalue weighted by Crippen LogP contribution is 2.31. The second-order valence-corrected chi connectivity index (χ2v) is 10.6. The summed E-state index contributed by atoms with van der Waals surface area (Å²) in [6, 6.07) is 3.69. The Morgan fingerprint density at radius 1 is 1.17 bits per heavy atom. The van der Waals surface area contributed by atoms with Gasteiger partial charge in [-0.05, 0) is 31.4 Å². The number of rotatable bonds is 7. The van der Waals surface area contributed by atoms with Crippen LogP contribution in [0.2, 0.25) is 0 Å². The zero-order chi connectivity index (χ0) is 24.7. The monoisotopic (exact) mass is 492 g/mol. The predicted octanol–water partition coefficient (Wildman–Crippen LogP) is 3.52. The molecule has 1 aliphatic rings. The summed E-state index contributed by atoms with van der Waals surface area (Å²) in [4.78, 5) is 33.8. The summed E-state index contributed by atoms with van der Waals surface area (Å²) in [6.45, 7) is 11.1. The van der Waals surface area contributed by atoms with Gasteiger partial charge in [0.1, 0.15) is 4.83 Å². The molecule has 35 heavy (non-hydrogen) atoms. The van der Waals surface area contributed by atoms with E-state index in [0.717, 1.165) is 35.0 Å². The minimum atomic E-state index is -0.284. The van der Waals surface area contributed by atoms with Gasteiger partial charge in [-0.1, -0.05) is 13.8 Å². The molecule has 1 aliphatic heterocycles. The lowest BCUT2D eigenvalue weighted by molar-refractivity contribution is -0.120. The van der Waals surface area contributed by atoms with Crippen LogP contribution in [0, 0.1) is 12.3 Å². The Bertz CT molecular complexity index is 1410. The third kappa shape index (κ3) is 4.69.